The second-order valence-electron chi connectivity index (χ2n) is 4.88. The van der Waals surface area contributed by atoms with Crippen LogP contribution in [0.4, 0.5) is 11.5 Å². The first kappa shape index (κ1) is 14.8. The van der Waals surface area contributed by atoms with Gasteiger partial charge in [0.15, 0.2) is 0 Å². The smallest absolute Gasteiger partial charge is 0.128 e. The third-order valence-electron chi connectivity index (χ3n) is 3.25. The number of H-pyrrole nitrogens is 1. The van der Waals surface area contributed by atoms with E-state index in [0.29, 0.717) is 0 Å². The highest BCUT2D eigenvalue weighted by molar-refractivity contribution is 7.22. The zero-order valence-electron chi connectivity index (χ0n) is 12.4. The van der Waals surface area contributed by atoms with Crippen molar-refractivity contribution >= 4 is 33.1 Å². The van der Waals surface area contributed by atoms with Crippen molar-refractivity contribution in [3.8, 4) is 10.6 Å². The average Bonchev–Trinajstić information content (AvgIpc) is 3.16. The van der Waals surface area contributed by atoms with Gasteiger partial charge in [0.2, 0.25) is 0 Å². The maximum absolute atomic E-state index is 8.95. The topological polar surface area (TPSA) is 85.9 Å². The van der Waals surface area contributed by atoms with Crippen molar-refractivity contribution in [2.75, 3.05) is 30.3 Å². The molecule has 3 aromatic heterocycles. The lowest BCUT2D eigenvalue weighted by Gasteiger charge is -2.09. The largest absolute Gasteiger partial charge is 0.396 e. The monoisotopic (exact) mass is 317 g/mol. The van der Waals surface area contributed by atoms with E-state index in [1.54, 1.807) is 17.5 Å². The highest BCUT2D eigenvalue weighted by atomic mass is 32.1. The number of anilines is 2. The molecule has 3 rings (SSSR count). The van der Waals surface area contributed by atoms with Crippen LogP contribution in [0.1, 0.15) is 13.3 Å². The Morgan fingerprint density at radius 1 is 1.32 bits per heavy atom. The number of fused-ring (bicyclic) bond motifs is 1. The van der Waals surface area contributed by atoms with Crippen molar-refractivity contribution < 1.29 is 5.11 Å². The normalized spacial score (nSPS) is 11.0. The molecule has 0 atom stereocenters. The van der Waals surface area contributed by atoms with Gasteiger partial charge >= 0.3 is 0 Å². The van der Waals surface area contributed by atoms with E-state index in [-0.39, 0.29) is 6.61 Å². The molecule has 116 valence electrons. The minimum atomic E-state index is 0.186. The fourth-order valence-electron chi connectivity index (χ4n) is 2.25. The van der Waals surface area contributed by atoms with E-state index < -0.39 is 0 Å². The Kier molecular flexibility index (Phi) is 4.55. The maximum Gasteiger partial charge on any atom is 0.128 e. The Morgan fingerprint density at radius 2 is 2.23 bits per heavy atom. The average molecular weight is 317 g/mol. The molecule has 3 heterocycles. The van der Waals surface area contributed by atoms with E-state index >= 15 is 0 Å². The van der Waals surface area contributed by atoms with Crippen molar-refractivity contribution in [3.63, 3.8) is 0 Å². The SMILES string of the molecule is CCNc1cc(NCCCO)c2sc(-c3ccn[nH]3)cc2n1. The first-order chi connectivity index (χ1) is 10.8. The molecule has 22 heavy (non-hydrogen) atoms. The van der Waals surface area contributed by atoms with Crippen LogP contribution in [0.25, 0.3) is 20.8 Å². The van der Waals surface area contributed by atoms with Crippen molar-refractivity contribution in [3.05, 3.63) is 24.4 Å². The number of aromatic nitrogens is 3. The number of thiophene rings is 1. The first-order valence-electron chi connectivity index (χ1n) is 7.34. The molecule has 0 amide bonds. The standard InChI is InChI=1S/C15H19N5OS/c1-2-16-14-9-11(17-5-3-7-21)15-12(19-14)8-13(22-15)10-4-6-18-20-10/h4,6,8-9,21H,2-3,5,7H2,1H3,(H,18,20)(H2,16,17,19). The quantitative estimate of drug-likeness (QED) is 0.503. The van der Waals surface area contributed by atoms with Gasteiger partial charge in [-0.15, -0.1) is 11.3 Å². The molecule has 0 unspecified atom stereocenters. The van der Waals surface area contributed by atoms with Gasteiger partial charge in [-0.25, -0.2) is 4.98 Å². The Bertz CT molecular complexity index is 738. The number of aliphatic hydroxyl groups is 1. The third kappa shape index (κ3) is 3.05. The van der Waals surface area contributed by atoms with Crippen LogP contribution in [0.2, 0.25) is 0 Å². The van der Waals surface area contributed by atoms with Crippen LogP contribution in [0, 0.1) is 0 Å². The number of aliphatic hydroxyl groups excluding tert-OH is 1. The van der Waals surface area contributed by atoms with E-state index in [0.717, 1.165) is 51.8 Å². The third-order valence-corrected chi connectivity index (χ3v) is 4.44. The minimum Gasteiger partial charge on any atom is -0.396 e. The van der Waals surface area contributed by atoms with Crippen molar-refractivity contribution in [2.24, 2.45) is 0 Å². The number of nitrogens with one attached hydrogen (secondary N) is 3. The number of aromatic amines is 1. The molecule has 0 fully saturated rings. The summed E-state index contributed by atoms with van der Waals surface area (Å²) in [6.07, 6.45) is 2.47. The number of nitrogens with zero attached hydrogens (tertiary/aromatic N) is 2. The lowest BCUT2D eigenvalue weighted by Crippen LogP contribution is -2.05. The summed E-state index contributed by atoms with van der Waals surface area (Å²) in [5.74, 6) is 0.857. The fraction of sp³-hybridized carbons (Fsp3) is 0.333. The molecule has 6 nitrogen and oxygen atoms in total. The summed E-state index contributed by atoms with van der Waals surface area (Å²) in [6, 6.07) is 6.05. The highest BCUT2D eigenvalue weighted by Gasteiger charge is 2.12. The molecule has 0 saturated carbocycles. The van der Waals surface area contributed by atoms with Gasteiger partial charge in [0.05, 0.1) is 26.5 Å². The Hall–Kier alpha value is -2.12. The van der Waals surface area contributed by atoms with Gasteiger partial charge in [0.25, 0.3) is 0 Å². The minimum absolute atomic E-state index is 0.186. The summed E-state index contributed by atoms with van der Waals surface area (Å²) in [4.78, 5) is 5.77. The van der Waals surface area contributed by atoms with E-state index in [2.05, 4.69) is 31.9 Å². The van der Waals surface area contributed by atoms with Gasteiger partial charge < -0.3 is 15.7 Å². The van der Waals surface area contributed by atoms with Gasteiger partial charge in [-0.1, -0.05) is 0 Å². The van der Waals surface area contributed by atoms with E-state index in [1.165, 1.54) is 0 Å². The van der Waals surface area contributed by atoms with Gasteiger partial charge in [-0.2, -0.15) is 5.10 Å². The van der Waals surface area contributed by atoms with Gasteiger partial charge in [-0.3, -0.25) is 5.10 Å². The Labute approximate surface area is 132 Å². The molecule has 0 aromatic carbocycles. The van der Waals surface area contributed by atoms with Crippen molar-refractivity contribution in [1.82, 2.24) is 15.2 Å². The van der Waals surface area contributed by atoms with E-state index in [1.807, 2.05) is 19.1 Å². The van der Waals surface area contributed by atoms with Crippen LogP contribution >= 0.6 is 11.3 Å². The summed E-state index contributed by atoms with van der Waals surface area (Å²) in [6.45, 7) is 3.80. The van der Waals surface area contributed by atoms with Crippen molar-refractivity contribution in [2.45, 2.75) is 13.3 Å². The number of rotatable bonds is 7. The first-order valence-corrected chi connectivity index (χ1v) is 8.16. The summed E-state index contributed by atoms with van der Waals surface area (Å²) in [7, 11) is 0. The number of pyridine rings is 1. The number of hydrogen-bond donors (Lipinski definition) is 4. The second kappa shape index (κ2) is 6.76. The molecular weight excluding hydrogens is 298 g/mol. The molecule has 7 heteroatoms. The summed E-state index contributed by atoms with van der Waals surface area (Å²) in [5.41, 5.74) is 3.00. The van der Waals surface area contributed by atoms with Crippen LogP contribution in [-0.2, 0) is 0 Å². The summed E-state index contributed by atoms with van der Waals surface area (Å²) >= 11 is 1.68. The molecule has 0 aliphatic rings. The second-order valence-corrected chi connectivity index (χ2v) is 5.94. The summed E-state index contributed by atoms with van der Waals surface area (Å²) in [5, 5.41) is 22.6. The van der Waals surface area contributed by atoms with E-state index in [9.17, 15) is 0 Å². The van der Waals surface area contributed by atoms with Gasteiger partial charge in [0, 0.05) is 32.0 Å². The molecule has 0 saturated heterocycles. The maximum atomic E-state index is 8.95. The van der Waals surface area contributed by atoms with Crippen LogP contribution in [0.15, 0.2) is 24.4 Å². The predicted molar refractivity (Wildman–Crippen MR) is 91.6 cm³/mol. The van der Waals surface area contributed by atoms with Crippen LogP contribution in [0.5, 0.6) is 0 Å². The lowest BCUT2D eigenvalue weighted by molar-refractivity contribution is 0.292. The Morgan fingerprint density at radius 3 is 2.95 bits per heavy atom. The predicted octanol–water partition coefficient (Wildman–Crippen LogP) is 2.91. The molecule has 0 bridgehead atoms. The van der Waals surface area contributed by atoms with Crippen LogP contribution in [-0.4, -0.2) is 40.0 Å². The van der Waals surface area contributed by atoms with Crippen molar-refractivity contribution in [1.29, 1.82) is 0 Å². The molecule has 0 aliphatic carbocycles. The molecule has 3 aromatic rings. The fourth-order valence-corrected chi connectivity index (χ4v) is 3.32. The Balaban J connectivity index is 2.01. The summed E-state index contributed by atoms with van der Waals surface area (Å²) < 4.78 is 1.11. The van der Waals surface area contributed by atoms with Gasteiger partial charge in [0.1, 0.15) is 5.82 Å². The van der Waals surface area contributed by atoms with Crippen LogP contribution < -0.4 is 10.6 Å². The molecule has 0 aliphatic heterocycles. The molecule has 0 radical (unpaired) electrons. The number of hydrogen-bond acceptors (Lipinski definition) is 6. The van der Waals surface area contributed by atoms with E-state index in [4.69, 9.17) is 5.11 Å². The molecular formula is C15H19N5OS. The zero-order chi connectivity index (χ0) is 15.4. The lowest BCUT2D eigenvalue weighted by atomic mass is 10.3. The molecule has 4 N–H and O–H groups in total. The zero-order valence-corrected chi connectivity index (χ0v) is 13.2. The highest BCUT2D eigenvalue weighted by Crippen LogP contribution is 2.37. The molecule has 0 spiro atoms. The van der Waals surface area contributed by atoms with Crippen LogP contribution in [0.3, 0.4) is 0 Å². The van der Waals surface area contributed by atoms with Gasteiger partial charge in [-0.05, 0) is 25.5 Å².